The molecule has 0 aliphatic carbocycles. The molecule has 0 aliphatic heterocycles. The van der Waals surface area contributed by atoms with Gasteiger partial charge in [0, 0.05) is 18.2 Å². The number of nitrogens with one attached hydrogen (secondary N) is 1. The summed E-state index contributed by atoms with van der Waals surface area (Å²) in [7, 11) is 1.26. The van der Waals surface area contributed by atoms with E-state index in [0.29, 0.717) is 0 Å². The van der Waals surface area contributed by atoms with E-state index in [-0.39, 0.29) is 29.9 Å². The molecule has 102 valence electrons. The number of nitrogens with two attached hydrogens (primary N) is 1. The van der Waals surface area contributed by atoms with Gasteiger partial charge < -0.3 is 15.8 Å². The van der Waals surface area contributed by atoms with Crippen molar-refractivity contribution in [2.24, 2.45) is 5.73 Å². The summed E-state index contributed by atoms with van der Waals surface area (Å²) in [5.74, 6) is -1.17. The average molecular weight is 267 g/mol. The first-order valence-corrected chi connectivity index (χ1v) is 5.34. The van der Waals surface area contributed by atoms with Gasteiger partial charge in [-0.25, -0.2) is 0 Å². The van der Waals surface area contributed by atoms with Crippen LogP contribution in [0.3, 0.4) is 0 Å². The smallest absolute Gasteiger partial charge is 0.307 e. The number of primary amides is 1. The molecule has 0 heterocycles. The topological polar surface area (TPSA) is 125 Å². The number of rotatable bonds is 6. The molecule has 0 spiro atoms. The second-order valence-electron chi connectivity index (χ2n) is 3.61. The fourth-order valence-electron chi connectivity index (χ4n) is 1.39. The number of ether oxygens (including phenoxy) is 1. The molecular formula is C11H13N3O5. The zero-order valence-electron chi connectivity index (χ0n) is 10.2. The van der Waals surface area contributed by atoms with E-state index < -0.39 is 16.8 Å². The van der Waals surface area contributed by atoms with Crippen LogP contribution in [-0.2, 0) is 9.53 Å². The molecule has 1 rings (SSSR count). The maximum absolute atomic E-state index is 10.9. The van der Waals surface area contributed by atoms with Crippen molar-refractivity contribution >= 4 is 23.3 Å². The van der Waals surface area contributed by atoms with Crippen LogP contribution in [0.1, 0.15) is 16.8 Å². The van der Waals surface area contributed by atoms with Gasteiger partial charge in [-0.3, -0.25) is 19.7 Å². The molecule has 0 aliphatic rings. The van der Waals surface area contributed by atoms with Gasteiger partial charge in [-0.15, -0.1) is 0 Å². The van der Waals surface area contributed by atoms with Crippen LogP contribution in [0.2, 0.25) is 0 Å². The van der Waals surface area contributed by atoms with Crippen LogP contribution in [0, 0.1) is 10.1 Å². The lowest BCUT2D eigenvalue weighted by atomic mass is 10.1. The Balaban J connectivity index is 2.85. The third-order valence-corrected chi connectivity index (χ3v) is 2.35. The molecule has 0 saturated heterocycles. The van der Waals surface area contributed by atoms with Gasteiger partial charge in [0.1, 0.15) is 5.69 Å². The number of benzene rings is 1. The molecule has 0 radical (unpaired) electrons. The quantitative estimate of drug-likeness (QED) is 0.443. The van der Waals surface area contributed by atoms with Gasteiger partial charge in [0.25, 0.3) is 5.69 Å². The molecule has 0 atom stereocenters. The summed E-state index contributed by atoms with van der Waals surface area (Å²) in [5.41, 5.74) is 5.02. The first-order valence-electron chi connectivity index (χ1n) is 5.34. The lowest BCUT2D eigenvalue weighted by molar-refractivity contribution is -0.384. The molecule has 0 unspecified atom stereocenters. The number of carbonyl (C=O) groups excluding carboxylic acids is 2. The number of amides is 1. The average Bonchev–Trinajstić information content (AvgIpc) is 2.38. The van der Waals surface area contributed by atoms with Gasteiger partial charge >= 0.3 is 5.97 Å². The minimum Gasteiger partial charge on any atom is -0.469 e. The zero-order chi connectivity index (χ0) is 14.4. The van der Waals surface area contributed by atoms with Crippen molar-refractivity contribution in [3.63, 3.8) is 0 Å². The summed E-state index contributed by atoms with van der Waals surface area (Å²) in [5, 5.41) is 13.6. The maximum atomic E-state index is 10.9. The highest BCUT2D eigenvalue weighted by Gasteiger charge is 2.16. The monoisotopic (exact) mass is 267 g/mol. The van der Waals surface area contributed by atoms with Crippen LogP contribution in [0.15, 0.2) is 18.2 Å². The summed E-state index contributed by atoms with van der Waals surface area (Å²) in [6.45, 7) is 0.184. The number of carbonyl (C=O) groups is 2. The van der Waals surface area contributed by atoms with E-state index in [1.807, 2.05) is 0 Å². The molecule has 3 N–H and O–H groups in total. The number of anilines is 1. The molecule has 1 aromatic rings. The third-order valence-electron chi connectivity index (χ3n) is 2.35. The van der Waals surface area contributed by atoms with E-state index in [1.165, 1.54) is 19.2 Å². The molecule has 19 heavy (non-hydrogen) atoms. The Morgan fingerprint density at radius 2 is 2.16 bits per heavy atom. The summed E-state index contributed by atoms with van der Waals surface area (Å²) >= 11 is 0. The normalized spacial score (nSPS) is 9.74. The molecule has 8 nitrogen and oxygen atoms in total. The Bertz CT molecular complexity index is 515. The predicted octanol–water partition coefficient (Wildman–Crippen LogP) is 0.669. The van der Waals surface area contributed by atoms with Crippen molar-refractivity contribution in [1.82, 2.24) is 0 Å². The first-order chi connectivity index (χ1) is 8.95. The van der Waals surface area contributed by atoms with E-state index in [4.69, 9.17) is 5.73 Å². The Kier molecular flexibility index (Phi) is 4.81. The van der Waals surface area contributed by atoms with Gasteiger partial charge in [0.2, 0.25) is 5.91 Å². The molecular weight excluding hydrogens is 254 g/mol. The van der Waals surface area contributed by atoms with Crippen LogP contribution >= 0.6 is 0 Å². The van der Waals surface area contributed by atoms with Gasteiger partial charge in [-0.05, 0) is 12.1 Å². The lowest BCUT2D eigenvalue weighted by Gasteiger charge is -2.07. The van der Waals surface area contributed by atoms with Gasteiger partial charge in [0.15, 0.2) is 0 Å². The molecule has 1 amide bonds. The summed E-state index contributed by atoms with van der Waals surface area (Å²) in [4.78, 5) is 32.1. The Morgan fingerprint density at radius 3 is 2.68 bits per heavy atom. The molecule has 0 fully saturated rings. The van der Waals surface area contributed by atoms with Crippen molar-refractivity contribution in [1.29, 1.82) is 0 Å². The fourth-order valence-corrected chi connectivity index (χ4v) is 1.39. The highest BCUT2D eigenvalue weighted by atomic mass is 16.6. The Morgan fingerprint density at radius 1 is 1.47 bits per heavy atom. The second-order valence-corrected chi connectivity index (χ2v) is 3.61. The molecule has 0 aromatic heterocycles. The van der Waals surface area contributed by atoms with Crippen LogP contribution in [0.4, 0.5) is 11.4 Å². The third kappa shape index (κ3) is 3.95. The molecule has 8 heteroatoms. The zero-order valence-corrected chi connectivity index (χ0v) is 10.2. The molecule has 0 saturated carbocycles. The Labute approximate surface area is 108 Å². The van der Waals surface area contributed by atoms with Crippen LogP contribution in [0.25, 0.3) is 0 Å². The van der Waals surface area contributed by atoms with Gasteiger partial charge in [-0.2, -0.15) is 0 Å². The standard InChI is InChI=1S/C11H13N3O5/c1-19-10(15)4-5-13-8-3-2-7(11(12)16)6-9(8)14(17)18/h2-3,6,13H,4-5H2,1H3,(H2,12,16). The number of nitro groups is 1. The second kappa shape index (κ2) is 6.34. The highest BCUT2D eigenvalue weighted by molar-refractivity contribution is 5.94. The van der Waals surface area contributed by atoms with Crippen molar-refractivity contribution < 1.29 is 19.2 Å². The number of nitro benzene ring substituents is 1. The summed E-state index contributed by atoms with van der Waals surface area (Å²) in [6.07, 6.45) is 0.0746. The van der Waals surface area contributed by atoms with Crippen molar-refractivity contribution in [2.45, 2.75) is 6.42 Å². The van der Waals surface area contributed by atoms with E-state index in [9.17, 15) is 19.7 Å². The Hall–Kier alpha value is -2.64. The van der Waals surface area contributed by atoms with Crippen molar-refractivity contribution in [2.75, 3.05) is 19.0 Å². The predicted molar refractivity (Wildman–Crippen MR) is 66.7 cm³/mol. The van der Waals surface area contributed by atoms with E-state index in [1.54, 1.807) is 0 Å². The summed E-state index contributed by atoms with van der Waals surface area (Å²) < 4.78 is 4.44. The van der Waals surface area contributed by atoms with Crippen molar-refractivity contribution in [3.05, 3.63) is 33.9 Å². The number of hydrogen-bond acceptors (Lipinski definition) is 6. The van der Waals surface area contributed by atoms with E-state index >= 15 is 0 Å². The van der Waals surface area contributed by atoms with E-state index in [2.05, 4.69) is 10.1 Å². The van der Waals surface area contributed by atoms with Crippen LogP contribution in [0.5, 0.6) is 0 Å². The van der Waals surface area contributed by atoms with Gasteiger partial charge in [-0.1, -0.05) is 0 Å². The lowest BCUT2D eigenvalue weighted by Crippen LogP contribution is -2.13. The maximum Gasteiger partial charge on any atom is 0.307 e. The van der Waals surface area contributed by atoms with Crippen LogP contribution in [-0.4, -0.2) is 30.5 Å². The van der Waals surface area contributed by atoms with Crippen molar-refractivity contribution in [3.8, 4) is 0 Å². The summed E-state index contributed by atoms with van der Waals surface area (Å²) in [6, 6.07) is 3.83. The molecule has 0 bridgehead atoms. The minimum absolute atomic E-state index is 0.0465. The largest absolute Gasteiger partial charge is 0.469 e. The minimum atomic E-state index is -0.746. The van der Waals surface area contributed by atoms with Gasteiger partial charge in [0.05, 0.1) is 18.5 Å². The number of nitrogens with zero attached hydrogens (tertiary/aromatic N) is 1. The number of esters is 1. The fraction of sp³-hybridized carbons (Fsp3) is 0.273. The SMILES string of the molecule is COC(=O)CCNc1ccc(C(N)=O)cc1[N+](=O)[O-]. The highest BCUT2D eigenvalue weighted by Crippen LogP contribution is 2.25. The van der Waals surface area contributed by atoms with E-state index in [0.717, 1.165) is 6.07 Å². The number of hydrogen-bond donors (Lipinski definition) is 2. The molecule has 1 aromatic carbocycles. The number of methoxy groups -OCH3 is 1. The van der Waals surface area contributed by atoms with Crippen LogP contribution < -0.4 is 11.1 Å². The first kappa shape index (κ1) is 14.4.